The van der Waals surface area contributed by atoms with Crippen LogP contribution in [0.5, 0.6) is 5.75 Å². The molecule has 2 aromatic carbocycles. The molecule has 6 nitrogen and oxygen atoms in total. The molecule has 23 heavy (non-hydrogen) atoms. The zero-order chi connectivity index (χ0) is 17.0. The van der Waals surface area contributed by atoms with Gasteiger partial charge in [0.2, 0.25) is 16.1 Å². The van der Waals surface area contributed by atoms with Crippen LogP contribution in [0.2, 0.25) is 5.02 Å². The standard InChI is InChI=1S/C15H15ClN2O4S/c1-23(20,21)18-15(19)14(10-5-3-2-4-6-10)22-13-8-7-11(16)9-12(13)17/h2-9,14H,17H2,1H3,(H,18,19). The van der Waals surface area contributed by atoms with Gasteiger partial charge in [-0.25, -0.2) is 13.1 Å². The van der Waals surface area contributed by atoms with Crippen LogP contribution in [0.3, 0.4) is 0 Å². The Hall–Kier alpha value is -2.25. The van der Waals surface area contributed by atoms with Crippen molar-refractivity contribution in [2.45, 2.75) is 6.10 Å². The normalized spacial score (nSPS) is 12.4. The highest BCUT2D eigenvalue weighted by Crippen LogP contribution is 2.29. The van der Waals surface area contributed by atoms with Crippen LogP contribution in [0, 0.1) is 0 Å². The maximum atomic E-state index is 12.3. The first kappa shape index (κ1) is 17.1. The first-order chi connectivity index (χ1) is 10.8. The number of halogens is 1. The van der Waals surface area contributed by atoms with E-state index in [1.54, 1.807) is 36.4 Å². The van der Waals surface area contributed by atoms with E-state index in [1.165, 1.54) is 12.1 Å². The number of amides is 1. The van der Waals surface area contributed by atoms with Crippen molar-refractivity contribution in [1.82, 2.24) is 4.72 Å². The Labute approximate surface area is 139 Å². The fraction of sp³-hybridized carbons (Fsp3) is 0.133. The molecule has 1 atom stereocenters. The third-order valence-electron chi connectivity index (χ3n) is 2.84. The number of nitrogens with one attached hydrogen (secondary N) is 1. The minimum atomic E-state index is -3.72. The van der Waals surface area contributed by atoms with Gasteiger partial charge in [-0.2, -0.15) is 0 Å². The molecule has 3 N–H and O–H groups in total. The first-order valence-corrected chi connectivity index (χ1v) is 8.81. The van der Waals surface area contributed by atoms with Crippen molar-refractivity contribution in [3.63, 3.8) is 0 Å². The highest BCUT2D eigenvalue weighted by atomic mass is 35.5. The average Bonchev–Trinajstić information content (AvgIpc) is 2.45. The third kappa shape index (κ3) is 4.87. The van der Waals surface area contributed by atoms with Crippen LogP contribution >= 0.6 is 11.6 Å². The highest BCUT2D eigenvalue weighted by Gasteiger charge is 2.25. The summed E-state index contributed by atoms with van der Waals surface area (Å²) in [7, 11) is -3.72. The number of carbonyl (C=O) groups excluding carboxylic acids is 1. The Bertz CT molecular complexity index is 809. The maximum Gasteiger partial charge on any atom is 0.279 e. The molecule has 0 spiro atoms. The predicted molar refractivity (Wildman–Crippen MR) is 88.7 cm³/mol. The van der Waals surface area contributed by atoms with Crippen LogP contribution in [0.1, 0.15) is 11.7 Å². The van der Waals surface area contributed by atoms with Gasteiger partial charge in [0.1, 0.15) is 5.75 Å². The number of hydrogen-bond acceptors (Lipinski definition) is 5. The van der Waals surface area contributed by atoms with E-state index in [1.807, 2.05) is 4.72 Å². The summed E-state index contributed by atoms with van der Waals surface area (Å²) in [5.74, 6) is -0.583. The topological polar surface area (TPSA) is 98.5 Å². The van der Waals surface area contributed by atoms with Gasteiger partial charge < -0.3 is 10.5 Å². The molecule has 2 aromatic rings. The maximum absolute atomic E-state index is 12.3. The summed E-state index contributed by atoms with van der Waals surface area (Å²) in [6.45, 7) is 0. The molecule has 1 unspecified atom stereocenters. The number of rotatable bonds is 5. The van der Waals surface area contributed by atoms with Crippen LogP contribution in [-0.4, -0.2) is 20.6 Å². The average molecular weight is 355 g/mol. The van der Waals surface area contributed by atoms with Crippen molar-refractivity contribution in [2.24, 2.45) is 0 Å². The van der Waals surface area contributed by atoms with E-state index in [2.05, 4.69) is 0 Å². The fourth-order valence-electron chi connectivity index (χ4n) is 1.89. The summed E-state index contributed by atoms with van der Waals surface area (Å²) in [6.07, 6.45) is -0.279. The Kier molecular flexibility index (Phi) is 5.12. The smallest absolute Gasteiger partial charge is 0.279 e. The van der Waals surface area contributed by atoms with Crippen molar-refractivity contribution in [3.05, 3.63) is 59.1 Å². The first-order valence-electron chi connectivity index (χ1n) is 6.54. The quantitative estimate of drug-likeness (QED) is 0.801. The van der Waals surface area contributed by atoms with E-state index in [9.17, 15) is 13.2 Å². The van der Waals surface area contributed by atoms with Gasteiger partial charge in [-0.05, 0) is 18.2 Å². The van der Waals surface area contributed by atoms with Crippen LogP contribution in [0.4, 0.5) is 5.69 Å². The van der Waals surface area contributed by atoms with Gasteiger partial charge in [-0.15, -0.1) is 0 Å². The molecule has 0 saturated heterocycles. The molecule has 0 aliphatic heterocycles. The Morgan fingerprint density at radius 2 is 1.87 bits per heavy atom. The molecule has 0 aromatic heterocycles. The van der Waals surface area contributed by atoms with Gasteiger partial charge in [0.25, 0.3) is 5.91 Å². The number of anilines is 1. The van der Waals surface area contributed by atoms with E-state index in [0.29, 0.717) is 10.6 Å². The summed E-state index contributed by atoms with van der Waals surface area (Å²) < 4.78 is 30.2. The summed E-state index contributed by atoms with van der Waals surface area (Å²) >= 11 is 5.83. The predicted octanol–water partition coefficient (Wildman–Crippen LogP) is 2.12. The number of ether oxygens (including phenoxy) is 1. The van der Waals surface area contributed by atoms with Gasteiger partial charge in [-0.1, -0.05) is 41.9 Å². The molecule has 0 fully saturated rings. The SMILES string of the molecule is CS(=O)(=O)NC(=O)C(Oc1ccc(Cl)cc1N)c1ccccc1. The number of hydrogen-bond donors (Lipinski definition) is 2. The number of benzene rings is 2. The summed E-state index contributed by atoms with van der Waals surface area (Å²) in [5, 5.41) is 0.423. The van der Waals surface area contributed by atoms with Gasteiger partial charge >= 0.3 is 0 Å². The van der Waals surface area contributed by atoms with Gasteiger partial charge in [0, 0.05) is 10.6 Å². The van der Waals surface area contributed by atoms with Crippen LogP contribution < -0.4 is 15.2 Å². The van der Waals surface area contributed by atoms with Crippen LogP contribution in [0.25, 0.3) is 0 Å². The van der Waals surface area contributed by atoms with E-state index in [4.69, 9.17) is 22.1 Å². The second-order valence-corrected chi connectivity index (χ2v) is 7.01. The van der Waals surface area contributed by atoms with Gasteiger partial charge in [0.05, 0.1) is 11.9 Å². The van der Waals surface area contributed by atoms with Gasteiger partial charge in [0.15, 0.2) is 0 Å². The molecule has 122 valence electrons. The van der Waals surface area contributed by atoms with Crippen molar-refractivity contribution >= 4 is 33.2 Å². The molecule has 0 radical (unpaired) electrons. The minimum Gasteiger partial charge on any atom is -0.474 e. The van der Waals surface area contributed by atoms with Crippen LogP contribution in [-0.2, 0) is 14.8 Å². The lowest BCUT2D eigenvalue weighted by Crippen LogP contribution is -2.36. The van der Waals surface area contributed by atoms with E-state index < -0.39 is 22.0 Å². The van der Waals surface area contributed by atoms with Crippen molar-refractivity contribution in [1.29, 1.82) is 0 Å². The molecule has 0 bridgehead atoms. The Morgan fingerprint density at radius 3 is 2.43 bits per heavy atom. The molecular formula is C15H15ClN2O4S. The Balaban J connectivity index is 2.36. The van der Waals surface area contributed by atoms with Crippen LogP contribution in [0.15, 0.2) is 48.5 Å². The molecule has 2 rings (SSSR count). The fourth-order valence-corrected chi connectivity index (χ4v) is 2.54. The molecule has 0 saturated carbocycles. The molecule has 0 aliphatic carbocycles. The number of sulfonamides is 1. The van der Waals surface area contributed by atoms with Gasteiger partial charge in [-0.3, -0.25) is 4.79 Å². The zero-order valence-corrected chi connectivity index (χ0v) is 13.8. The molecule has 8 heteroatoms. The summed E-state index contributed by atoms with van der Waals surface area (Å²) in [6, 6.07) is 13.1. The molecule has 0 aliphatic rings. The largest absolute Gasteiger partial charge is 0.474 e. The molecule has 0 heterocycles. The monoisotopic (exact) mass is 354 g/mol. The lowest BCUT2D eigenvalue weighted by atomic mass is 10.1. The molecule has 1 amide bonds. The second kappa shape index (κ2) is 6.89. The lowest BCUT2D eigenvalue weighted by molar-refractivity contribution is -0.126. The van der Waals surface area contributed by atoms with Crippen molar-refractivity contribution < 1.29 is 17.9 Å². The third-order valence-corrected chi connectivity index (χ3v) is 3.65. The zero-order valence-electron chi connectivity index (χ0n) is 12.2. The van der Waals surface area contributed by atoms with E-state index in [0.717, 1.165) is 6.26 Å². The number of nitrogen functional groups attached to an aromatic ring is 1. The summed E-state index contributed by atoms with van der Waals surface area (Å²) in [4.78, 5) is 12.3. The van der Waals surface area contributed by atoms with Crippen molar-refractivity contribution in [3.8, 4) is 5.75 Å². The minimum absolute atomic E-state index is 0.229. The number of carbonyl (C=O) groups is 1. The number of nitrogens with two attached hydrogens (primary N) is 1. The van der Waals surface area contributed by atoms with E-state index in [-0.39, 0.29) is 11.4 Å². The summed E-state index contributed by atoms with van der Waals surface area (Å²) in [5.41, 5.74) is 6.55. The Morgan fingerprint density at radius 1 is 1.22 bits per heavy atom. The lowest BCUT2D eigenvalue weighted by Gasteiger charge is -2.19. The second-order valence-electron chi connectivity index (χ2n) is 4.83. The van der Waals surface area contributed by atoms with Crippen molar-refractivity contribution in [2.75, 3.05) is 12.0 Å². The highest BCUT2D eigenvalue weighted by molar-refractivity contribution is 7.89. The van der Waals surface area contributed by atoms with E-state index >= 15 is 0 Å². The molecular weight excluding hydrogens is 340 g/mol.